The molecule has 2 aromatic carbocycles. The number of benzene rings is 2. The highest BCUT2D eigenvalue weighted by Crippen LogP contribution is 2.25. The monoisotopic (exact) mass is 261 g/mol. The molecule has 0 amide bonds. The van der Waals surface area contributed by atoms with Crippen LogP contribution >= 0.6 is 11.6 Å². The summed E-state index contributed by atoms with van der Waals surface area (Å²) in [6.07, 6.45) is 0. The normalized spacial score (nSPS) is 10.1. The van der Waals surface area contributed by atoms with Crippen LogP contribution in [0.3, 0.4) is 0 Å². The molecule has 0 bridgehead atoms. The third-order valence-electron chi connectivity index (χ3n) is 2.64. The first-order valence-corrected chi connectivity index (χ1v) is 5.80. The third-order valence-corrected chi connectivity index (χ3v) is 2.89. The van der Waals surface area contributed by atoms with E-state index in [-0.39, 0.29) is 11.5 Å². The van der Waals surface area contributed by atoms with Gasteiger partial charge in [0.1, 0.15) is 5.75 Å². The molecule has 3 nitrogen and oxygen atoms in total. The number of phenols is 1. The Morgan fingerprint density at radius 2 is 1.72 bits per heavy atom. The molecule has 18 heavy (non-hydrogen) atoms. The number of phenolic OH excluding ortho intramolecular Hbond substituents is 1. The zero-order valence-corrected chi connectivity index (χ0v) is 10.5. The number of nitrogens with one attached hydrogen (secondary N) is 1. The number of rotatable bonds is 3. The fourth-order valence-electron chi connectivity index (χ4n) is 1.65. The van der Waals surface area contributed by atoms with Gasteiger partial charge >= 0.3 is 0 Å². The predicted octanol–water partition coefficient (Wildman–Crippen LogP) is 3.32. The molecule has 0 spiro atoms. The number of hydrogen-bond acceptors (Lipinski definition) is 3. The Kier molecular flexibility index (Phi) is 3.53. The summed E-state index contributed by atoms with van der Waals surface area (Å²) in [7, 11) is 1.70. The van der Waals surface area contributed by atoms with Crippen molar-refractivity contribution < 1.29 is 9.90 Å². The molecule has 92 valence electrons. The summed E-state index contributed by atoms with van der Waals surface area (Å²) in [5.41, 5.74) is 1.56. The highest BCUT2D eigenvalue weighted by atomic mass is 35.5. The molecule has 0 heterocycles. The Bertz CT molecular complexity index is 579. The van der Waals surface area contributed by atoms with Crippen LogP contribution in [0.25, 0.3) is 0 Å². The second-order valence-corrected chi connectivity index (χ2v) is 4.25. The first-order valence-electron chi connectivity index (χ1n) is 5.43. The van der Waals surface area contributed by atoms with Crippen molar-refractivity contribution in [2.75, 3.05) is 12.4 Å². The van der Waals surface area contributed by atoms with Crippen LogP contribution in [0, 0.1) is 0 Å². The van der Waals surface area contributed by atoms with E-state index >= 15 is 0 Å². The van der Waals surface area contributed by atoms with Crippen molar-refractivity contribution in [1.82, 2.24) is 0 Å². The van der Waals surface area contributed by atoms with E-state index in [2.05, 4.69) is 5.32 Å². The average molecular weight is 262 g/mol. The van der Waals surface area contributed by atoms with Gasteiger partial charge in [-0.25, -0.2) is 0 Å². The fraction of sp³-hybridized carbons (Fsp3) is 0.0714. The molecule has 0 aliphatic rings. The van der Waals surface area contributed by atoms with E-state index in [1.54, 1.807) is 43.4 Å². The number of anilines is 1. The summed E-state index contributed by atoms with van der Waals surface area (Å²) < 4.78 is 0. The molecule has 4 heteroatoms. The van der Waals surface area contributed by atoms with Gasteiger partial charge in [0.15, 0.2) is 5.78 Å². The maximum absolute atomic E-state index is 12.1. The summed E-state index contributed by atoms with van der Waals surface area (Å²) in [6.45, 7) is 0. The molecule has 0 unspecified atom stereocenters. The van der Waals surface area contributed by atoms with E-state index in [4.69, 9.17) is 11.6 Å². The lowest BCUT2D eigenvalue weighted by Crippen LogP contribution is -2.01. The summed E-state index contributed by atoms with van der Waals surface area (Å²) in [6, 6.07) is 11.4. The largest absolute Gasteiger partial charge is 0.506 e. The Labute approximate surface area is 110 Å². The van der Waals surface area contributed by atoms with E-state index in [9.17, 15) is 9.90 Å². The number of halogens is 1. The van der Waals surface area contributed by atoms with Gasteiger partial charge in [0.05, 0.1) is 5.69 Å². The minimum Gasteiger partial charge on any atom is -0.506 e. The van der Waals surface area contributed by atoms with Gasteiger partial charge in [-0.2, -0.15) is 0 Å². The topological polar surface area (TPSA) is 49.3 Å². The molecule has 0 saturated carbocycles. The Morgan fingerprint density at radius 1 is 1.11 bits per heavy atom. The van der Waals surface area contributed by atoms with Crippen LogP contribution in [0.15, 0.2) is 42.5 Å². The molecule has 0 saturated heterocycles. The van der Waals surface area contributed by atoms with Crippen molar-refractivity contribution in [3.05, 3.63) is 58.6 Å². The fourth-order valence-corrected chi connectivity index (χ4v) is 1.78. The Hall–Kier alpha value is -2.00. The van der Waals surface area contributed by atoms with Crippen molar-refractivity contribution in [3.8, 4) is 5.75 Å². The van der Waals surface area contributed by atoms with E-state index in [1.165, 1.54) is 6.07 Å². The molecule has 0 aliphatic carbocycles. The highest BCUT2D eigenvalue weighted by Gasteiger charge is 2.11. The Morgan fingerprint density at radius 3 is 2.28 bits per heavy atom. The second-order valence-electron chi connectivity index (χ2n) is 3.82. The lowest BCUT2D eigenvalue weighted by molar-refractivity contribution is 0.103. The summed E-state index contributed by atoms with van der Waals surface area (Å²) >= 11 is 5.77. The number of aromatic hydroxyl groups is 1. The van der Waals surface area contributed by atoms with Gasteiger partial charge in [-0.15, -0.1) is 0 Å². The number of carbonyl (C=O) groups is 1. The molecule has 0 atom stereocenters. The van der Waals surface area contributed by atoms with Crippen LogP contribution in [0.4, 0.5) is 5.69 Å². The maximum Gasteiger partial charge on any atom is 0.193 e. The standard InChI is InChI=1S/C14H12ClNO2/c1-16-12-7-4-10(8-13(12)17)14(18)9-2-5-11(15)6-3-9/h2-8,16-17H,1H3. The number of ketones is 1. The van der Waals surface area contributed by atoms with Crippen LogP contribution in [0.2, 0.25) is 5.02 Å². The summed E-state index contributed by atoms with van der Waals surface area (Å²) in [5, 5.41) is 13.1. The van der Waals surface area contributed by atoms with Crippen LogP contribution in [-0.2, 0) is 0 Å². The SMILES string of the molecule is CNc1ccc(C(=O)c2ccc(Cl)cc2)cc1O. The average Bonchev–Trinajstić information content (AvgIpc) is 2.38. The van der Waals surface area contributed by atoms with Gasteiger partial charge in [0.2, 0.25) is 0 Å². The van der Waals surface area contributed by atoms with Crippen LogP contribution < -0.4 is 5.32 Å². The Balaban J connectivity index is 2.34. The molecule has 2 aromatic rings. The molecular weight excluding hydrogens is 250 g/mol. The molecule has 2 N–H and O–H groups in total. The van der Waals surface area contributed by atoms with Crippen LogP contribution in [-0.4, -0.2) is 17.9 Å². The number of carbonyl (C=O) groups excluding carboxylic acids is 1. The zero-order chi connectivity index (χ0) is 13.1. The van der Waals surface area contributed by atoms with Crippen LogP contribution in [0.5, 0.6) is 5.75 Å². The van der Waals surface area contributed by atoms with E-state index < -0.39 is 0 Å². The van der Waals surface area contributed by atoms with Gasteiger partial charge in [0.25, 0.3) is 0 Å². The smallest absolute Gasteiger partial charge is 0.193 e. The quantitative estimate of drug-likeness (QED) is 0.658. The van der Waals surface area contributed by atoms with Crippen molar-refractivity contribution in [2.24, 2.45) is 0 Å². The van der Waals surface area contributed by atoms with Gasteiger partial charge in [0, 0.05) is 23.2 Å². The molecule has 0 aliphatic heterocycles. The summed E-state index contributed by atoms with van der Waals surface area (Å²) in [5.74, 6) is -0.0954. The number of hydrogen-bond donors (Lipinski definition) is 2. The third kappa shape index (κ3) is 2.46. The lowest BCUT2D eigenvalue weighted by atomic mass is 10.0. The van der Waals surface area contributed by atoms with Crippen molar-refractivity contribution in [3.63, 3.8) is 0 Å². The van der Waals surface area contributed by atoms with Crippen LogP contribution in [0.1, 0.15) is 15.9 Å². The van der Waals surface area contributed by atoms with E-state index in [0.717, 1.165) is 0 Å². The van der Waals surface area contributed by atoms with Crippen molar-refractivity contribution >= 4 is 23.1 Å². The van der Waals surface area contributed by atoms with Gasteiger partial charge in [-0.3, -0.25) is 4.79 Å². The minimum atomic E-state index is -0.149. The van der Waals surface area contributed by atoms with Gasteiger partial charge in [-0.05, 0) is 42.5 Å². The zero-order valence-electron chi connectivity index (χ0n) is 9.77. The predicted molar refractivity (Wildman–Crippen MR) is 72.5 cm³/mol. The molecule has 2 rings (SSSR count). The highest BCUT2D eigenvalue weighted by molar-refractivity contribution is 6.30. The van der Waals surface area contributed by atoms with E-state index in [1.807, 2.05) is 0 Å². The molecule has 0 aromatic heterocycles. The lowest BCUT2D eigenvalue weighted by Gasteiger charge is -2.06. The maximum atomic E-state index is 12.1. The first-order chi connectivity index (χ1) is 8.61. The van der Waals surface area contributed by atoms with Crippen molar-refractivity contribution in [2.45, 2.75) is 0 Å². The molecule has 0 radical (unpaired) electrons. The summed E-state index contributed by atoms with van der Waals surface area (Å²) in [4.78, 5) is 12.1. The van der Waals surface area contributed by atoms with E-state index in [0.29, 0.717) is 21.8 Å². The van der Waals surface area contributed by atoms with Gasteiger partial charge < -0.3 is 10.4 Å². The van der Waals surface area contributed by atoms with Gasteiger partial charge in [-0.1, -0.05) is 11.6 Å². The molecular formula is C14H12ClNO2. The van der Waals surface area contributed by atoms with Crippen molar-refractivity contribution in [1.29, 1.82) is 0 Å². The first kappa shape index (κ1) is 12.5. The minimum absolute atomic E-state index is 0.0531. The second kappa shape index (κ2) is 5.10. The molecule has 0 fully saturated rings.